The summed E-state index contributed by atoms with van der Waals surface area (Å²) in [6.45, 7) is 9.03. The summed E-state index contributed by atoms with van der Waals surface area (Å²) in [6, 6.07) is 7.47. The second-order valence-electron chi connectivity index (χ2n) is 7.76. The maximum Gasteiger partial charge on any atom is 0.277 e. The second-order valence-corrected chi connectivity index (χ2v) is 7.76. The van der Waals surface area contributed by atoms with E-state index in [9.17, 15) is 9.59 Å². The number of piperidine rings is 1. The van der Waals surface area contributed by atoms with Crippen molar-refractivity contribution in [1.29, 1.82) is 0 Å². The van der Waals surface area contributed by atoms with E-state index in [1.807, 2.05) is 45.0 Å². The Balaban J connectivity index is 1.85. The molecule has 2 heterocycles. The molecule has 0 N–H and O–H groups in total. The molecule has 2 amide bonds. The van der Waals surface area contributed by atoms with E-state index < -0.39 is 0 Å². The first-order valence-electron chi connectivity index (χ1n) is 10.7. The summed E-state index contributed by atoms with van der Waals surface area (Å²) >= 11 is 0. The molecule has 0 spiro atoms. The van der Waals surface area contributed by atoms with E-state index in [1.165, 1.54) is 11.3 Å². The molecule has 0 unspecified atom stereocenters. The van der Waals surface area contributed by atoms with Crippen molar-refractivity contribution < 1.29 is 19.1 Å². The van der Waals surface area contributed by atoms with Gasteiger partial charge in [-0.1, -0.05) is 12.1 Å². The number of rotatable bonds is 9. The van der Waals surface area contributed by atoms with Gasteiger partial charge in [0.25, 0.3) is 11.8 Å². The fourth-order valence-corrected chi connectivity index (χ4v) is 3.86. The van der Waals surface area contributed by atoms with Gasteiger partial charge in [-0.15, -0.1) is 0 Å². The summed E-state index contributed by atoms with van der Waals surface area (Å²) in [4.78, 5) is 30.0. The summed E-state index contributed by atoms with van der Waals surface area (Å²) in [5.41, 5.74) is 1.85. The number of nitrogens with zero attached hydrogens (tertiary/aromatic N) is 2. The standard InChI is InChI=1S/C23H32N2O4/c1-4-28-19-11-9-18(10-12-19)20-21(24-13-6-5-7-14-24)23(27)25(22(20)26)15-8-16-29-17(2)3/h9-12,17H,4-8,13-16H2,1-3H3. The lowest BCUT2D eigenvalue weighted by atomic mass is 10.0. The lowest BCUT2D eigenvalue weighted by Crippen LogP contribution is -2.38. The van der Waals surface area contributed by atoms with Gasteiger partial charge in [-0.25, -0.2) is 0 Å². The van der Waals surface area contributed by atoms with Crippen molar-refractivity contribution in [2.45, 2.75) is 52.6 Å². The summed E-state index contributed by atoms with van der Waals surface area (Å²) in [5, 5.41) is 0. The van der Waals surface area contributed by atoms with Crippen LogP contribution in [0.25, 0.3) is 5.57 Å². The zero-order chi connectivity index (χ0) is 20.8. The van der Waals surface area contributed by atoms with Crippen LogP contribution in [0.3, 0.4) is 0 Å². The molecule has 0 atom stereocenters. The highest BCUT2D eigenvalue weighted by Crippen LogP contribution is 2.33. The van der Waals surface area contributed by atoms with E-state index in [4.69, 9.17) is 9.47 Å². The summed E-state index contributed by atoms with van der Waals surface area (Å²) in [6.07, 6.45) is 4.04. The number of benzene rings is 1. The zero-order valence-electron chi connectivity index (χ0n) is 17.8. The van der Waals surface area contributed by atoms with E-state index in [-0.39, 0.29) is 17.9 Å². The molecule has 1 aromatic rings. The average molecular weight is 401 g/mol. The molecule has 29 heavy (non-hydrogen) atoms. The van der Waals surface area contributed by atoms with Crippen molar-refractivity contribution in [1.82, 2.24) is 9.80 Å². The molecule has 0 radical (unpaired) electrons. The van der Waals surface area contributed by atoms with Gasteiger partial charge in [0.15, 0.2) is 0 Å². The van der Waals surface area contributed by atoms with Crippen LogP contribution in [0.2, 0.25) is 0 Å². The number of carbonyl (C=O) groups is 2. The van der Waals surface area contributed by atoms with Gasteiger partial charge in [-0.2, -0.15) is 0 Å². The summed E-state index contributed by atoms with van der Waals surface area (Å²) < 4.78 is 11.1. The highest BCUT2D eigenvalue weighted by molar-refractivity contribution is 6.35. The van der Waals surface area contributed by atoms with E-state index in [0.29, 0.717) is 37.4 Å². The molecule has 158 valence electrons. The first-order valence-corrected chi connectivity index (χ1v) is 10.7. The Morgan fingerprint density at radius 2 is 1.69 bits per heavy atom. The normalized spacial score (nSPS) is 17.7. The molecular weight excluding hydrogens is 368 g/mol. The van der Waals surface area contributed by atoms with Crippen LogP contribution < -0.4 is 4.74 Å². The third-order valence-corrected chi connectivity index (χ3v) is 5.25. The second kappa shape index (κ2) is 9.92. The van der Waals surface area contributed by atoms with Crippen LogP contribution in [0.1, 0.15) is 52.0 Å². The highest BCUT2D eigenvalue weighted by atomic mass is 16.5. The van der Waals surface area contributed by atoms with Crippen LogP contribution in [0.5, 0.6) is 5.75 Å². The third-order valence-electron chi connectivity index (χ3n) is 5.25. The molecule has 1 aromatic carbocycles. The number of hydrogen-bond donors (Lipinski definition) is 0. The molecule has 3 rings (SSSR count). The molecule has 0 aliphatic carbocycles. The van der Waals surface area contributed by atoms with Crippen molar-refractivity contribution >= 4 is 17.4 Å². The molecular formula is C23H32N2O4. The summed E-state index contributed by atoms with van der Waals surface area (Å²) in [5.74, 6) is 0.380. The van der Waals surface area contributed by atoms with E-state index >= 15 is 0 Å². The van der Waals surface area contributed by atoms with Gasteiger partial charge in [0.1, 0.15) is 11.4 Å². The minimum atomic E-state index is -0.204. The topological polar surface area (TPSA) is 59.1 Å². The van der Waals surface area contributed by atoms with E-state index in [0.717, 1.165) is 37.2 Å². The molecule has 6 nitrogen and oxygen atoms in total. The average Bonchev–Trinajstić information content (AvgIpc) is 2.97. The van der Waals surface area contributed by atoms with Gasteiger partial charge >= 0.3 is 0 Å². The Bertz CT molecular complexity index is 749. The van der Waals surface area contributed by atoms with Crippen molar-refractivity contribution in [2.75, 3.05) is 32.8 Å². The molecule has 0 saturated carbocycles. The number of hydrogen-bond acceptors (Lipinski definition) is 5. The molecule has 2 aliphatic rings. The molecule has 6 heteroatoms. The molecule has 0 bridgehead atoms. The first kappa shape index (κ1) is 21.4. The first-order chi connectivity index (χ1) is 14.0. The Labute approximate surface area is 173 Å². The fourth-order valence-electron chi connectivity index (χ4n) is 3.86. The highest BCUT2D eigenvalue weighted by Gasteiger charge is 2.41. The Kier molecular flexibility index (Phi) is 7.31. The number of amides is 2. The van der Waals surface area contributed by atoms with Gasteiger partial charge in [-0.3, -0.25) is 14.5 Å². The SMILES string of the molecule is CCOc1ccc(C2=C(N3CCCCC3)C(=O)N(CCCOC(C)C)C2=O)cc1. The van der Waals surface area contributed by atoms with Crippen LogP contribution in [-0.4, -0.2) is 60.6 Å². The van der Waals surface area contributed by atoms with Gasteiger partial charge in [0.05, 0.1) is 18.3 Å². The predicted molar refractivity (Wildman–Crippen MR) is 112 cm³/mol. The summed E-state index contributed by atoms with van der Waals surface area (Å²) in [7, 11) is 0. The van der Waals surface area contributed by atoms with Crippen molar-refractivity contribution in [2.24, 2.45) is 0 Å². The van der Waals surface area contributed by atoms with Crippen LogP contribution in [0, 0.1) is 0 Å². The quantitative estimate of drug-likeness (QED) is 0.469. The largest absolute Gasteiger partial charge is 0.494 e. The van der Waals surface area contributed by atoms with Crippen molar-refractivity contribution in [3.05, 3.63) is 35.5 Å². The lowest BCUT2D eigenvalue weighted by Gasteiger charge is -2.29. The van der Waals surface area contributed by atoms with Crippen LogP contribution in [-0.2, 0) is 14.3 Å². The minimum absolute atomic E-state index is 0.140. The number of imide groups is 1. The maximum atomic E-state index is 13.3. The van der Waals surface area contributed by atoms with Gasteiger partial charge < -0.3 is 14.4 Å². The van der Waals surface area contributed by atoms with Crippen molar-refractivity contribution in [3.8, 4) is 5.75 Å². The van der Waals surface area contributed by atoms with Gasteiger partial charge in [0, 0.05) is 26.2 Å². The van der Waals surface area contributed by atoms with Crippen molar-refractivity contribution in [3.63, 3.8) is 0 Å². The Hall–Kier alpha value is -2.34. The molecule has 2 aliphatic heterocycles. The van der Waals surface area contributed by atoms with Crippen LogP contribution in [0.4, 0.5) is 0 Å². The van der Waals surface area contributed by atoms with Gasteiger partial charge in [-0.05, 0) is 64.2 Å². The Morgan fingerprint density at radius 1 is 1.00 bits per heavy atom. The third kappa shape index (κ3) is 4.99. The minimum Gasteiger partial charge on any atom is -0.494 e. The number of carbonyl (C=O) groups excluding carboxylic acids is 2. The fraction of sp³-hybridized carbons (Fsp3) is 0.565. The van der Waals surface area contributed by atoms with Crippen LogP contribution >= 0.6 is 0 Å². The maximum absolute atomic E-state index is 13.3. The number of likely N-dealkylation sites (tertiary alicyclic amines) is 1. The lowest BCUT2D eigenvalue weighted by molar-refractivity contribution is -0.137. The monoisotopic (exact) mass is 400 g/mol. The zero-order valence-corrected chi connectivity index (χ0v) is 17.8. The van der Waals surface area contributed by atoms with E-state index in [1.54, 1.807) is 0 Å². The molecule has 1 saturated heterocycles. The van der Waals surface area contributed by atoms with Gasteiger partial charge in [0.2, 0.25) is 0 Å². The predicted octanol–water partition coefficient (Wildman–Crippen LogP) is 3.47. The smallest absolute Gasteiger partial charge is 0.277 e. The molecule has 0 aromatic heterocycles. The van der Waals surface area contributed by atoms with Crippen LogP contribution in [0.15, 0.2) is 30.0 Å². The van der Waals surface area contributed by atoms with E-state index in [2.05, 4.69) is 4.90 Å². The molecule has 1 fully saturated rings. The Morgan fingerprint density at radius 3 is 2.31 bits per heavy atom. The number of ether oxygens (including phenoxy) is 2.